The number of hydrogen-bond donors (Lipinski definition) is 1. The molecule has 1 aromatic carbocycles. The number of nitrogens with zero attached hydrogens (tertiary/aromatic N) is 1. The smallest absolute Gasteiger partial charge is 0.165 e. The van der Waals surface area contributed by atoms with Crippen LogP contribution in [0.1, 0.15) is 37.7 Å². The lowest BCUT2D eigenvalue weighted by atomic mass is 9.42. The Morgan fingerprint density at radius 3 is 2.86 bits per heavy atom. The van der Waals surface area contributed by atoms with Gasteiger partial charge in [0.1, 0.15) is 6.10 Å². The first kappa shape index (κ1) is 12.3. The molecule has 6 rings (SSSR count). The van der Waals surface area contributed by atoms with E-state index in [0.29, 0.717) is 23.2 Å². The fraction of sp³-hybridized carbons (Fsp3) is 0.667. The first-order chi connectivity index (χ1) is 10.2. The van der Waals surface area contributed by atoms with Gasteiger partial charge in [-0.2, -0.15) is 0 Å². The number of phenolic OH excluding ortho intramolecular Hbond substituents is 1. The van der Waals surface area contributed by atoms with Crippen LogP contribution in [0.2, 0.25) is 0 Å². The van der Waals surface area contributed by atoms with Gasteiger partial charge in [0.25, 0.3) is 0 Å². The van der Waals surface area contributed by atoms with Gasteiger partial charge in [-0.3, -0.25) is 0 Å². The molecule has 5 aliphatic rings. The number of rotatable bonds is 0. The zero-order valence-electron chi connectivity index (χ0n) is 12.6. The molecule has 2 spiro atoms. The van der Waals surface area contributed by atoms with Crippen LogP contribution in [-0.2, 0) is 5.41 Å². The summed E-state index contributed by atoms with van der Waals surface area (Å²) in [5.41, 5.74) is 1.83. The van der Waals surface area contributed by atoms with E-state index in [1.807, 2.05) is 6.07 Å². The number of ether oxygens (including phenoxy) is 1. The number of likely N-dealkylation sites (tertiary alicyclic amines) is 1. The highest BCUT2D eigenvalue weighted by Crippen LogP contribution is 2.69. The third-order valence-corrected chi connectivity index (χ3v) is 7.03. The summed E-state index contributed by atoms with van der Waals surface area (Å²) in [5.74, 6) is 1.82. The quantitative estimate of drug-likeness (QED) is 0.795. The van der Waals surface area contributed by atoms with Crippen LogP contribution < -0.4 is 4.74 Å². The molecule has 2 unspecified atom stereocenters. The van der Waals surface area contributed by atoms with Crippen molar-refractivity contribution in [1.29, 1.82) is 0 Å². The van der Waals surface area contributed by atoms with Crippen LogP contribution in [0, 0.1) is 11.3 Å². The number of aromatic hydroxyl groups is 1. The number of piperidine rings is 1. The molecular weight excluding hydrogens is 262 g/mol. The number of para-hydroxylation sites is 1. The highest BCUT2D eigenvalue weighted by Gasteiger charge is 2.69. The van der Waals surface area contributed by atoms with Crippen LogP contribution in [0.4, 0.5) is 0 Å². The molecular formula is C18H23NO2. The fourth-order valence-electron chi connectivity index (χ4n) is 6.21. The van der Waals surface area contributed by atoms with Gasteiger partial charge in [-0.15, -0.1) is 0 Å². The minimum Gasteiger partial charge on any atom is -0.504 e. The monoisotopic (exact) mass is 285 g/mol. The summed E-state index contributed by atoms with van der Waals surface area (Å²) in [6.45, 7) is 2.33. The minimum absolute atomic E-state index is 0.161. The SMILES string of the molecule is CN1CCC23c4cccc(O)c4OC2C2CCC3(CC2)C1. The van der Waals surface area contributed by atoms with Crippen molar-refractivity contribution in [2.75, 3.05) is 20.1 Å². The molecule has 4 fully saturated rings. The van der Waals surface area contributed by atoms with Crippen LogP contribution in [0.5, 0.6) is 11.5 Å². The highest BCUT2D eigenvalue weighted by atomic mass is 16.5. The van der Waals surface area contributed by atoms with Crippen LogP contribution in [0.25, 0.3) is 0 Å². The summed E-state index contributed by atoms with van der Waals surface area (Å²) in [6, 6.07) is 6.00. The van der Waals surface area contributed by atoms with Gasteiger partial charge < -0.3 is 14.7 Å². The zero-order chi connectivity index (χ0) is 14.2. The standard InChI is InChI=1S/C18H23NO2/c1-19-10-9-18-13-3-2-4-14(20)15(13)21-16(18)12-5-7-17(18,11-19)8-6-12/h2-4,12,16,20H,5-11H2,1H3. The van der Waals surface area contributed by atoms with Gasteiger partial charge in [0.2, 0.25) is 0 Å². The van der Waals surface area contributed by atoms with Gasteiger partial charge in [0, 0.05) is 17.5 Å². The van der Waals surface area contributed by atoms with Crippen molar-refractivity contribution in [3.63, 3.8) is 0 Å². The van der Waals surface area contributed by atoms with Crippen molar-refractivity contribution in [2.24, 2.45) is 11.3 Å². The van der Waals surface area contributed by atoms with Gasteiger partial charge in [-0.1, -0.05) is 12.1 Å². The molecule has 3 aliphatic carbocycles. The summed E-state index contributed by atoms with van der Waals surface area (Å²) in [4.78, 5) is 2.51. The lowest BCUT2D eigenvalue weighted by Gasteiger charge is -2.64. The molecule has 3 heteroatoms. The molecule has 1 N–H and O–H groups in total. The third kappa shape index (κ3) is 1.26. The second-order valence-electron chi connectivity index (χ2n) is 7.77. The van der Waals surface area contributed by atoms with Crippen molar-refractivity contribution in [3.05, 3.63) is 23.8 Å². The summed E-state index contributed by atoms with van der Waals surface area (Å²) in [6.07, 6.45) is 6.75. The number of benzene rings is 1. The third-order valence-electron chi connectivity index (χ3n) is 7.03. The molecule has 1 aromatic rings. The Kier molecular flexibility index (Phi) is 2.20. The van der Waals surface area contributed by atoms with E-state index in [9.17, 15) is 5.11 Å². The summed E-state index contributed by atoms with van der Waals surface area (Å²) in [7, 11) is 2.26. The first-order valence-electron chi connectivity index (χ1n) is 8.34. The number of phenols is 1. The number of hydrogen-bond acceptors (Lipinski definition) is 3. The highest BCUT2D eigenvalue weighted by molar-refractivity contribution is 5.56. The fourth-order valence-corrected chi connectivity index (χ4v) is 6.21. The second-order valence-corrected chi connectivity index (χ2v) is 7.77. The Hall–Kier alpha value is -1.22. The Morgan fingerprint density at radius 1 is 1.24 bits per heavy atom. The maximum atomic E-state index is 10.3. The van der Waals surface area contributed by atoms with Gasteiger partial charge in [-0.05, 0) is 63.1 Å². The summed E-state index contributed by atoms with van der Waals surface area (Å²) in [5, 5.41) is 10.3. The van der Waals surface area contributed by atoms with Gasteiger partial charge >= 0.3 is 0 Å². The van der Waals surface area contributed by atoms with E-state index < -0.39 is 0 Å². The topological polar surface area (TPSA) is 32.7 Å². The molecule has 0 amide bonds. The minimum atomic E-state index is 0.161. The van der Waals surface area contributed by atoms with Crippen LogP contribution in [0.3, 0.4) is 0 Å². The number of fused-ring (bicyclic) bond motifs is 3. The molecule has 21 heavy (non-hydrogen) atoms. The normalized spacial score (nSPS) is 43.9. The average Bonchev–Trinajstić information content (AvgIpc) is 2.85. The van der Waals surface area contributed by atoms with E-state index in [1.165, 1.54) is 44.2 Å². The van der Waals surface area contributed by atoms with Crippen molar-refractivity contribution in [1.82, 2.24) is 4.90 Å². The van der Waals surface area contributed by atoms with Crippen molar-refractivity contribution in [3.8, 4) is 11.5 Å². The lowest BCUT2D eigenvalue weighted by molar-refractivity contribution is -0.140. The molecule has 2 atom stereocenters. The largest absolute Gasteiger partial charge is 0.504 e. The molecule has 2 heterocycles. The predicted molar refractivity (Wildman–Crippen MR) is 80.7 cm³/mol. The summed E-state index contributed by atoms with van der Waals surface area (Å²) < 4.78 is 6.40. The van der Waals surface area contributed by atoms with Crippen LogP contribution in [-0.4, -0.2) is 36.2 Å². The molecule has 3 nitrogen and oxygen atoms in total. The molecule has 0 radical (unpaired) electrons. The van der Waals surface area contributed by atoms with E-state index in [4.69, 9.17) is 4.74 Å². The molecule has 2 aliphatic heterocycles. The Balaban J connectivity index is 1.77. The Bertz CT molecular complexity index is 605. The van der Waals surface area contributed by atoms with Gasteiger partial charge in [-0.25, -0.2) is 0 Å². The van der Waals surface area contributed by atoms with E-state index in [-0.39, 0.29) is 5.41 Å². The molecule has 112 valence electrons. The van der Waals surface area contributed by atoms with E-state index >= 15 is 0 Å². The van der Waals surface area contributed by atoms with E-state index in [0.717, 1.165) is 12.3 Å². The van der Waals surface area contributed by atoms with Gasteiger partial charge in [0.15, 0.2) is 11.5 Å². The molecule has 0 aromatic heterocycles. The predicted octanol–water partition coefficient (Wildman–Crippen LogP) is 2.92. The average molecular weight is 285 g/mol. The van der Waals surface area contributed by atoms with Crippen molar-refractivity contribution < 1.29 is 9.84 Å². The van der Waals surface area contributed by atoms with Crippen molar-refractivity contribution >= 4 is 0 Å². The van der Waals surface area contributed by atoms with Gasteiger partial charge in [0.05, 0.1) is 0 Å². The lowest BCUT2D eigenvalue weighted by Crippen LogP contribution is -2.68. The molecule has 2 bridgehead atoms. The molecule has 1 saturated heterocycles. The zero-order valence-corrected chi connectivity index (χ0v) is 12.6. The first-order valence-corrected chi connectivity index (χ1v) is 8.34. The van der Waals surface area contributed by atoms with E-state index in [1.54, 1.807) is 6.07 Å². The summed E-state index contributed by atoms with van der Waals surface area (Å²) >= 11 is 0. The Morgan fingerprint density at radius 2 is 2.05 bits per heavy atom. The van der Waals surface area contributed by atoms with E-state index in [2.05, 4.69) is 18.0 Å². The Labute approximate surface area is 125 Å². The molecule has 3 saturated carbocycles. The van der Waals surface area contributed by atoms with Crippen LogP contribution in [0.15, 0.2) is 18.2 Å². The van der Waals surface area contributed by atoms with Crippen molar-refractivity contribution in [2.45, 2.75) is 43.6 Å². The maximum Gasteiger partial charge on any atom is 0.165 e. The van der Waals surface area contributed by atoms with Crippen LogP contribution >= 0.6 is 0 Å². The second kappa shape index (κ2) is 3.75. The maximum absolute atomic E-state index is 10.3.